The highest BCUT2D eigenvalue weighted by Crippen LogP contribution is 2.12. The molecule has 1 aliphatic rings. The number of nitrogens with one attached hydrogen (secondary N) is 2. The van der Waals surface area contributed by atoms with E-state index in [1.807, 2.05) is 0 Å². The van der Waals surface area contributed by atoms with Crippen LogP contribution in [0.3, 0.4) is 0 Å². The lowest BCUT2D eigenvalue weighted by molar-refractivity contribution is -0.119. The van der Waals surface area contributed by atoms with Crippen LogP contribution in [0.25, 0.3) is 0 Å². The quantitative estimate of drug-likeness (QED) is 0.769. The Kier molecular flexibility index (Phi) is 2.63. The standard InChI is InChI=1S/C10H8FN3O2/c11-6-3-1-2-4-7(6)12-10(16)8-5-9(15)14-13-8/h1-4H,5H2,(H,12,16)(H,14,15). The third-order valence-electron chi connectivity index (χ3n) is 2.03. The Hall–Kier alpha value is -2.24. The third kappa shape index (κ3) is 2.05. The van der Waals surface area contributed by atoms with E-state index in [1.165, 1.54) is 18.2 Å². The van der Waals surface area contributed by atoms with Crippen LogP contribution < -0.4 is 10.7 Å². The number of hydrazone groups is 1. The first kappa shape index (κ1) is 10.3. The van der Waals surface area contributed by atoms with Crippen LogP contribution in [0.4, 0.5) is 10.1 Å². The molecule has 0 fully saturated rings. The van der Waals surface area contributed by atoms with Gasteiger partial charge in [0.15, 0.2) is 0 Å². The molecular weight excluding hydrogens is 213 g/mol. The monoisotopic (exact) mass is 221 g/mol. The van der Waals surface area contributed by atoms with Crippen molar-refractivity contribution in [2.45, 2.75) is 6.42 Å². The highest BCUT2D eigenvalue weighted by atomic mass is 19.1. The van der Waals surface area contributed by atoms with Crippen LogP contribution in [0, 0.1) is 5.82 Å². The van der Waals surface area contributed by atoms with Gasteiger partial charge in [0.25, 0.3) is 5.91 Å². The summed E-state index contributed by atoms with van der Waals surface area (Å²) in [6.45, 7) is 0. The van der Waals surface area contributed by atoms with Crippen LogP contribution >= 0.6 is 0 Å². The summed E-state index contributed by atoms with van der Waals surface area (Å²) in [5.74, 6) is -1.46. The van der Waals surface area contributed by atoms with E-state index in [9.17, 15) is 14.0 Å². The molecule has 0 spiro atoms. The van der Waals surface area contributed by atoms with E-state index < -0.39 is 11.7 Å². The fourth-order valence-electron chi connectivity index (χ4n) is 1.25. The number of halogens is 1. The molecule has 0 unspecified atom stereocenters. The minimum Gasteiger partial charge on any atom is -0.318 e. The number of rotatable bonds is 2. The molecule has 1 aromatic rings. The van der Waals surface area contributed by atoms with Crippen LogP contribution in [0.1, 0.15) is 6.42 Å². The van der Waals surface area contributed by atoms with Gasteiger partial charge in [-0.1, -0.05) is 12.1 Å². The molecule has 2 rings (SSSR count). The number of carbonyl (C=O) groups is 2. The highest BCUT2D eigenvalue weighted by molar-refractivity contribution is 6.46. The summed E-state index contributed by atoms with van der Waals surface area (Å²) in [7, 11) is 0. The van der Waals surface area contributed by atoms with Crippen molar-refractivity contribution in [3.8, 4) is 0 Å². The van der Waals surface area contributed by atoms with Crippen LogP contribution in [-0.2, 0) is 9.59 Å². The normalized spacial score (nSPS) is 14.3. The molecule has 0 aromatic heterocycles. The number of benzene rings is 1. The topological polar surface area (TPSA) is 70.6 Å². The zero-order valence-corrected chi connectivity index (χ0v) is 8.16. The largest absolute Gasteiger partial charge is 0.318 e. The zero-order chi connectivity index (χ0) is 11.5. The van der Waals surface area contributed by atoms with Gasteiger partial charge >= 0.3 is 0 Å². The molecule has 0 atom stereocenters. The predicted octanol–water partition coefficient (Wildman–Crippen LogP) is 0.640. The minimum absolute atomic E-state index is 0.0493. The first-order chi connectivity index (χ1) is 7.66. The highest BCUT2D eigenvalue weighted by Gasteiger charge is 2.21. The average Bonchev–Trinajstić information content (AvgIpc) is 2.68. The van der Waals surface area contributed by atoms with Gasteiger partial charge in [0.2, 0.25) is 5.91 Å². The fourth-order valence-corrected chi connectivity index (χ4v) is 1.25. The summed E-state index contributed by atoms with van der Waals surface area (Å²) in [6, 6.07) is 5.77. The Bertz CT molecular complexity index is 485. The molecule has 6 heteroatoms. The second-order valence-corrected chi connectivity index (χ2v) is 3.20. The summed E-state index contributed by atoms with van der Waals surface area (Å²) in [5, 5.41) is 5.86. The van der Waals surface area contributed by atoms with Gasteiger partial charge in [0.1, 0.15) is 11.5 Å². The number of anilines is 1. The molecule has 1 aromatic carbocycles. The van der Waals surface area contributed by atoms with Crippen LogP contribution in [0.15, 0.2) is 29.4 Å². The van der Waals surface area contributed by atoms with Gasteiger partial charge in [-0.2, -0.15) is 5.10 Å². The molecular formula is C10H8FN3O2. The van der Waals surface area contributed by atoms with Gasteiger partial charge in [0.05, 0.1) is 12.1 Å². The van der Waals surface area contributed by atoms with Gasteiger partial charge in [-0.3, -0.25) is 9.59 Å². The maximum absolute atomic E-state index is 13.2. The summed E-state index contributed by atoms with van der Waals surface area (Å²) < 4.78 is 13.2. The van der Waals surface area contributed by atoms with E-state index in [0.29, 0.717) is 0 Å². The van der Waals surface area contributed by atoms with Crippen molar-refractivity contribution in [3.63, 3.8) is 0 Å². The smallest absolute Gasteiger partial charge is 0.272 e. The van der Waals surface area contributed by atoms with Gasteiger partial charge in [0, 0.05) is 0 Å². The molecule has 0 aliphatic carbocycles. The van der Waals surface area contributed by atoms with Crippen LogP contribution in [-0.4, -0.2) is 17.5 Å². The number of hydrogen-bond acceptors (Lipinski definition) is 3. The molecule has 1 heterocycles. The SMILES string of the molecule is O=C1CC(C(=O)Nc2ccccc2F)=NN1. The number of carbonyl (C=O) groups excluding carboxylic acids is 2. The van der Waals surface area contributed by atoms with Crippen molar-refractivity contribution in [1.29, 1.82) is 0 Å². The third-order valence-corrected chi connectivity index (χ3v) is 2.03. The Morgan fingerprint density at radius 2 is 2.19 bits per heavy atom. The lowest BCUT2D eigenvalue weighted by Gasteiger charge is -2.04. The van der Waals surface area contributed by atoms with Crippen molar-refractivity contribution >= 4 is 23.2 Å². The molecule has 2 N–H and O–H groups in total. The summed E-state index contributed by atoms with van der Waals surface area (Å²) in [6.07, 6.45) is -0.0830. The maximum Gasteiger partial charge on any atom is 0.272 e. The van der Waals surface area contributed by atoms with Crippen LogP contribution in [0.2, 0.25) is 0 Å². The van der Waals surface area contributed by atoms with Gasteiger partial charge in [-0.05, 0) is 12.1 Å². The summed E-state index contributed by atoms with van der Waals surface area (Å²) >= 11 is 0. The summed E-state index contributed by atoms with van der Waals surface area (Å²) in [4.78, 5) is 22.3. The van der Waals surface area contributed by atoms with E-state index in [4.69, 9.17) is 0 Å². The van der Waals surface area contributed by atoms with Gasteiger partial charge < -0.3 is 5.32 Å². The lowest BCUT2D eigenvalue weighted by Crippen LogP contribution is -2.22. The van der Waals surface area contributed by atoms with Crippen LogP contribution in [0.5, 0.6) is 0 Å². The molecule has 0 radical (unpaired) electrons. The first-order valence-electron chi connectivity index (χ1n) is 4.58. The molecule has 1 aliphatic heterocycles. The van der Waals surface area contributed by atoms with Crippen molar-refractivity contribution in [1.82, 2.24) is 5.43 Å². The van der Waals surface area contributed by atoms with Gasteiger partial charge in [-0.25, -0.2) is 9.82 Å². The Labute approximate surface area is 90.3 Å². The minimum atomic E-state index is -0.580. The van der Waals surface area contributed by atoms with E-state index >= 15 is 0 Å². The molecule has 5 nitrogen and oxygen atoms in total. The average molecular weight is 221 g/mol. The molecule has 0 saturated carbocycles. The zero-order valence-electron chi connectivity index (χ0n) is 8.16. The Morgan fingerprint density at radius 3 is 2.81 bits per heavy atom. The predicted molar refractivity (Wildman–Crippen MR) is 55.2 cm³/mol. The summed E-state index contributed by atoms with van der Waals surface area (Å²) in [5.41, 5.74) is 2.26. The van der Waals surface area contributed by atoms with E-state index in [2.05, 4.69) is 15.8 Å². The van der Waals surface area contributed by atoms with Crippen molar-refractivity contribution in [2.24, 2.45) is 5.10 Å². The van der Waals surface area contributed by atoms with E-state index in [0.717, 1.165) is 0 Å². The Morgan fingerprint density at radius 1 is 1.44 bits per heavy atom. The van der Waals surface area contributed by atoms with Crippen molar-refractivity contribution < 1.29 is 14.0 Å². The molecule has 0 saturated heterocycles. The number of nitrogens with zero attached hydrogens (tertiary/aromatic N) is 1. The molecule has 2 amide bonds. The number of amides is 2. The molecule has 16 heavy (non-hydrogen) atoms. The lowest BCUT2D eigenvalue weighted by atomic mass is 10.2. The second kappa shape index (κ2) is 4.09. The number of hydrogen-bond donors (Lipinski definition) is 2. The second-order valence-electron chi connectivity index (χ2n) is 3.20. The van der Waals surface area contributed by atoms with Crippen molar-refractivity contribution in [2.75, 3.05) is 5.32 Å². The molecule has 0 bridgehead atoms. The maximum atomic E-state index is 13.2. The Balaban J connectivity index is 2.09. The van der Waals surface area contributed by atoms with E-state index in [1.54, 1.807) is 6.07 Å². The molecule has 82 valence electrons. The van der Waals surface area contributed by atoms with E-state index in [-0.39, 0.29) is 23.7 Å². The fraction of sp³-hybridized carbons (Fsp3) is 0.100. The first-order valence-corrected chi connectivity index (χ1v) is 4.58. The number of para-hydroxylation sites is 1. The van der Waals surface area contributed by atoms with Gasteiger partial charge in [-0.15, -0.1) is 0 Å². The van der Waals surface area contributed by atoms with Crippen molar-refractivity contribution in [3.05, 3.63) is 30.1 Å².